The van der Waals surface area contributed by atoms with Gasteiger partial charge in [0.15, 0.2) is 6.10 Å². The van der Waals surface area contributed by atoms with E-state index in [-0.39, 0.29) is 24.8 Å². The van der Waals surface area contributed by atoms with Crippen molar-refractivity contribution in [2.24, 2.45) is 0 Å². The van der Waals surface area contributed by atoms with Gasteiger partial charge >= 0.3 is 6.09 Å². The van der Waals surface area contributed by atoms with Crippen LogP contribution in [0.25, 0.3) is 16.6 Å². The summed E-state index contributed by atoms with van der Waals surface area (Å²) in [4.78, 5) is 16.4. The summed E-state index contributed by atoms with van der Waals surface area (Å²) in [5, 5.41) is 17.4. The predicted molar refractivity (Wildman–Crippen MR) is 129 cm³/mol. The Morgan fingerprint density at radius 2 is 1.94 bits per heavy atom. The number of carbonyl (C=O) groups excluding carboxylic acids is 1. The quantitative estimate of drug-likeness (QED) is 0.553. The zero-order valence-corrected chi connectivity index (χ0v) is 19.4. The predicted octanol–water partition coefficient (Wildman–Crippen LogP) is 2.30. The second kappa shape index (κ2) is 10.0. The minimum Gasteiger partial charge on any atom is -0.441 e. The average Bonchev–Trinajstić information content (AvgIpc) is 3.29. The molecule has 0 radical (unpaired) electrons. The Kier molecular flexibility index (Phi) is 6.66. The maximum absolute atomic E-state index is 12.3. The van der Waals surface area contributed by atoms with E-state index >= 15 is 0 Å². The molecule has 9 nitrogen and oxygen atoms in total. The molecule has 3 aromatic rings. The van der Waals surface area contributed by atoms with Crippen LogP contribution in [-0.4, -0.2) is 84.4 Å². The van der Waals surface area contributed by atoms with E-state index < -0.39 is 0 Å². The van der Waals surface area contributed by atoms with E-state index in [9.17, 15) is 9.90 Å². The lowest BCUT2D eigenvalue weighted by molar-refractivity contribution is -0.104. The molecule has 2 saturated heterocycles. The summed E-state index contributed by atoms with van der Waals surface area (Å²) in [6.45, 7) is 6.60. The molecule has 0 unspecified atom stereocenters. The van der Waals surface area contributed by atoms with Crippen LogP contribution in [0, 0.1) is 0 Å². The molecule has 9 heteroatoms. The molecule has 4 heterocycles. The summed E-state index contributed by atoms with van der Waals surface area (Å²) < 4.78 is 12.4. The second-order valence-electron chi connectivity index (χ2n) is 8.71. The van der Waals surface area contributed by atoms with Crippen LogP contribution in [0.3, 0.4) is 0 Å². The molecule has 1 atom stereocenters. The summed E-state index contributed by atoms with van der Waals surface area (Å²) in [5.41, 5.74) is 5.38. The standard InChI is InChI=1S/C25H31N5O4/c1-2-26-22(15-31)19-5-3-18(4-6-19)20-13-24-23(7-8-27-30(24)14-20)28-9-11-29(12-10-28)25(32)34-21-16-33-17-21/h3-8,13-14,21-22,26,31H,2,9-12,15-17H2,1H3/t22-/m0/s1. The monoisotopic (exact) mass is 465 g/mol. The van der Waals surface area contributed by atoms with Crippen LogP contribution in [-0.2, 0) is 9.47 Å². The fourth-order valence-electron chi connectivity index (χ4n) is 4.50. The number of hydrogen-bond acceptors (Lipinski definition) is 7. The summed E-state index contributed by atoms with van der Waals surface area (Å²) in [7, 11) is 0. The van der Waals surface area contributed by atoms with Gasteiger partial charge in [0.1, 0.15) is 0 Å². The van der Waals surface area contributed by atoms with Gasteiger partial charge in [-0.25, -0.2) is 9.31 Å². The molecule has 34 heavy (non-hydrogen) atoms. The minimum absolute atomic E-state index is 0.0570. The number of likely N-dealkylation sites (N-methyl/N-ethyl adjacent to an activating group) is 1. The fourth-order valence-corrected chi connectivity index (χ4v) is 4.50. The van der Waals surface area contributed by atoms with E-state index in [1.165, 1.54) is 0 Å². The van der Waals surface area contributed by atoms with Gasteiger partial charge in [-0.15, -0.1) is 0 Å². The van der Waals surface area contributed by atoms with Crippen molar-refractivity contribution in [1.82, 2.24) is 19.8 Å². The Morgan fingerprint density at radius 3 is 2.59 bits per heavy atom. The van der Waals surface area contributed by atoms with Crippen molar-refractivity contribution in [3.63, 3.8) is 0 Å². The first-order valence-electron chi connectivity index (χ1n) is 11.9. The highest BCUT2D eigenvalue weighted by Gasteiger charge is 2.28. The summed E-state index contributed by atoms with van der Waals surface area (Å²) in [6, 6.07) is 12.4. The fraction of sp³-hybridized carbons (Fsp3) is 0.440. The van der Waals surface area contributed by atoms with Gasteiger partial charge < -0.3 is 29.7 Å². The van der Waals surface area contributed by atoms with E-state index in [1.54, 1.807) is 4.90 Å². The van der Waals surface area contributed by atoms with E-state index in [1.807, 2.05) is 29.9 Å². The second-order valence-corrected chi connectivity index (χ2v) is 8.71. The molecular formula is C25H31N5O4. The van der Waals surface area contributed by atoms with Crippen molar-refractivity contribution in [3.05, 3.63) is 54.4 Å². The highest BCUT2D eigenvalue weighted by molar-refractivity contribution is 5.80. The van der Waals surface area contributed by atoms with Gasteiger partial charge in [0.25, 0.3) is 0 Å². The van der Waals surface area contributed by atoms with Gasteiger partial charge in [-0.05, 0) is 29.8 Å². The zero-order valence-electron chi connectivity index (χ0n) is 19.4. The van der Waals surface area contributed by atoms with E-state index in [0.717, 1.165) is 47.5 Å². The molecular weight excluding hydrogens is 434 g/mol. The molecule has 0 aliphatic carbocycles. The maximum Gasteiger partial charge on any atom is 0.410 e. The largest absolute Gasteiger partial charge is 0.441 e. The van der Waals surface area contributed by atoms with Gasteiger partial charge in [-0.2, -0.15) is 5.10 Å². The number of nitrogens with zero attached hydrogens (tertiary/aromatic N) is 4. The Labute approximate surface area is 198 Å². The van der Waals surface area contributed by atoms with Gasteiger partial charge in [0, 0.05) is 44.1 Å². The van der Waals surface area contributed by atoms with Gasteiger partial charge in [-0.1, -0.05) is 31.2 Å². The highest BCUT2D eigenvalue weighted by Crippen LogP contribution is 2.29. The number of ether oxygens (including phenoxy) is 2. The minimum atomic E-state index is -0.251. The molecule has 0 spiro atoms. The number of hydrogen-bond donors (Lipinski definition) is 2. The Bertz CT molecular complexity index is 1120. The lowest BCUT2D eigenvalue weighted by Gasteiger charge is -2.37. The number of carbonyl (C=O) groups is 1. The summed E-state index contributed by atoms with van der Waals surface area (Å²) in [5.74, 6) is 0. The molecule has 5 rings (SSSR count). The van der Waals surface area contributed by atoms with Crippen molar-refractivity contribution in [2.45, 2.75) is 19.1 Å². The normalized spacial score (nSPS) is 17.6. The van der Waals surface area contributed by atoms with Crippen LogP contribution >= 0.6 is 0 Å². The van der Waals surface area contributed by atoms with Crippen LogP contribution in [0.15, 0.2) is 48.8 Å². The SMILES string of the molecule is CCN[C@@H](CO)c1ccc(-c2cc3c(N4CCN(C(=O)OC5COC5)CC4)ccnn3c2)cc1. The molecule has 0 saturated carbocycles. The first kappa shape index (κ1) is 22.6. The topological polar surface area (TPSA) is 91.6 Å². The molecule has 180 valence electrons. The average molecular weight is 466 g/mol. The maximum atomic E-state index is 12.3. The Balaban J connectivity index is 1.30. The number of benzene rings is 1. The molecule has 2 aliphatic heterocycles. The molecule has 0 bridgehead atoms. The van der Waals surface area contributed by atoms with Crippen LogP contribution in [0.2, 0.25) is 0 Å². The van der Waals surface area contributed by atoms with E-state index in [2.05, 4.69) is 45.6 Å². The molecule has 1 aromatic carbocycles. The molecule has 2 fully saturated rings. The van der Waals surface area contributed by atoms with Crippen LogP contribution in [0.1, 0.15) is 18.5 Å². The number of aliphatic hydroxyl groups excluding tert-OH is 1. The van der Waals surface area contributed by atoms with Crippen LogP contribution < -0.4 is 10.2 Å². The molecule has 2 aromatic heterocycles. The third kappa shape index (κ3) is 4.59. The number of nitrogens with one attached hydrogen (secondary N) is 1. The van der Waals surface area contributed by atoms with Crippen molar-refractivity contribution in [1.29, 1.82) is 0 Å². The lowest BCUT2D eigenvalue weighted by Crippen LogP contribution is -2.51. The smallest absolute Gasteiger partial charge is 0.410 e. The number of aromatic nitrogens is 2. The number of aliphatic hydroxyl groups is 1. The number of fused-ring (bicyclic) bond motifs is 1. The van der Waals surface area contributed by atoms with E-state index in [4.69, 9.17) is 9.47 Å². The van der Waals surface area contributed by atoms with Crippen molar-refractivity contribution in [2.75, 3.05) is 57.4 Å². The summed E-state index contributed by atoms with van der Waals surface area (Å²) >= 11 is 0. The molecule has 1 amide bonds. The number of piperazine rings is 1. The highest BCUT2D eigenvalue weighted by atomic mass is 16.6. The van der Waals surface area contributed by atoms with Gasteiger partial charge in [0.2, 0.25) is 0 Å². The Morgan fingerprint density at radius 1 is 1.18 bits per heavy atom. The Hall–Kier alpha value is -3.14. The molecule has 2 N–H and O–H groups in total. The first-order valence-corrected chi connectivity index (χ1v) is 11.9. The van der Waals surface area contributed by atoms with Crippen molar-refractivity contribution < 1.29 is 19.4 Å². The molecule has 2 aliphatic rings. The number of rotatable bonds is 7. The number of anilines is 1. The third-order valence-corrected chi connectivity index (χ3v) is 6.52. The van der Waals surface area contributed by atoms with Crippen LogP contribution in [0.4, 0.5) is 10.5 Å². The summed E-state index contributed by atoms with van der Waals surface area (Å²) in [6.07, 6.45) is 3.50. The zero-order chi connectivity index (χ0) is 23.5. The number of amides is 1. The van der Waals surface area contributed by atoms with Crippen molar-refractivity contribution in [3.8, 4) is 11.1 Å². The van der Waals surface area contributed by atoms with Gasteiger partial charge in [0.05, 0.1) is 37.1 Å². The van der Waals surface area contributed by atoms with Crippen LogP contribution in [0.5, 0.6) is 0 Å². The van der Waals surface area contributed by atoms with E-state index in [0.29, 0.717) is 26.3 Å². The van der Waals surface area contributed by atoms with Gasteiger partial charge in [-0.3, -0.25) is 0 Å². The van der Waals surface area contributed by atoms with Crippen molar-refractivity contribution >= 4 is 17.3 Å². The first-order chi connectivity index (χ1) is 16.7. The third-order valence-electron chi connectivity index (χ3n) is 6.52. The lowest BCUT2D eigenvalue weighted by atomic mass is 10.0.